The molecular weight excluding hydrogens is 410 g/mol. The molecule has 6 heteroatoms. The molecule has 4 rings (SSSR count). The Morgan fingerprint density at radius 2 is 1.90 bits per heavy atom. The average molecular weight is 444 g/mol. The van der Waals surface area contributed by atoms with E-state index in [9.17, 15) is 4.79 Å². The number of ether oxygens (including phenoxy) is 3. The number of nitrogens with zero attached hydrogens (tertiary/aromatic N) is 1. The fourth-order valence-corrected chi connectivity index (χ4v) is 5.35. The van der Waals surface area contributed by atoms with E-state index in [4.69, 9.17) is 14.2 Å². The highest BCUT2D eigenvalue weighted by atomic mass is 32.1. The molecule has 1 atom stereocenters. The van der Waals surface area contributed by atoms with E-state index in [0.29, 0.717) is 24.9 Å². The Morgan fingerprint density at radius 1 is 1.10 bits per heavy atom. The van der Waals surface area contributed by atoms with Gasteiger partial charge in [0.1, 0.15) is 6.61 Å². The van der Waals surface area contributed by atoms with Crippen molar-refractivity contribution < 1.29 is 19.0 Å². The van der Waals surface area contributed by atoms with Gasteiger partial charge in [0.15, 0.2) is 11.5 Å². The predicted molar refractivity (Wildman–Crippen MR) is 123 cm³/mol. The van der Waals surface area contributed by atoms with Crippen LogP contribution in [0, 0.1) is 6.92 Å². The summed E-state index contributed by atoms with van der Waals surface area (Å²) < 4.78 is 17.4. The van der Waals surface area contributed by atoms with E-state index in [1.807, 2.05) is 31.2 Å². The fraction of sp³-hybridized carbons (Fsp3) is 0.560. The topological polar surface area (TPSA) is 48.0 Å². The highest BCUT2D eigenvalue weighted by Gasteiger charge is 2.28. The lowest BCUT2D eigenvalue weighted by atomic mass is 10.1. The van der Waals surface area contributed by atoms with E-state index < -0.39 is 0 Å². The van der Waals surface area contributed by atoms with Crippen LogP contribution in [0.2, 0.25) is 0 Å². The first kappa shape index (κ1) is 22.2. The van der Waals surface area contributed by atoms with Gasteiger partial charge in [0, 0.05) is 24.1 Å². The third kappa shape index (κ3) is 5.60. The molecule has 5 nitrogen and oxygen atoms in total. The third-order valence-corrected chi connectivity index (χ3v) is 7.25. The zero-order valence-corrected chi connectivity index (χ0v) is 19.4. The minimum Gasteiger partial charge on any atom is -0.493 e. The Bertz CT molecular complexity index is 868. The van der Waals surface area contributed by atoms with Crippen LogP contribution < -0.4 is 9.47 Å². The molecule has 2 aliphatic rings. The van der Waals surface area contributed by atoms with E-state index in [2.05, 4.69) is 11.0 Å². The summed E-state index contributed by atoms with van der Waals surface area (Å²) in [5, 5.41) is 0. The molecule has 1 aliphatic carbocycles. The summed E-state index contributed by atoms with van der Waals surface area (Å²) in [6.07, 6.45) is 8.07. The summed E-state index contributed by atoms with van der Waals surface area (Å²) in [5.74, 6) is 1.57. The Hall–Kier alpha value is -2.05. The van der Waals surface area contributed by atoms with Crippen LogP contribution in [-0.2, 0) is 11.3 Å². The second-order valence-electron chi connectivity index (χ2n) is 8.57. The summed E-state index contributed by atoms with van der Waals surface area (Å²) in [7, 11) is 1.66. The number of rotatable bonds is 8. The van der Waals surface area contributed by atoms with Gasteiger partial charge in [-0.25, -0.2) is 0 Å². The van der Waals surface area contributed by atoms with Crippen LogP contribution in [0.25, 0.3) is 0 Å². The normalized spacial score (nSPS) is 19.4. The summed E-state index contributed by atoms with van der Waals surface area (Å²) in [6, 6.07) is 10.3. The maximum atomic E-state index is 13.3. The first-order chi connectivity index (χ1) is 15.1. The highest BCUT2D eigenvalue weighted by Crippen LogP contribution is 2.32. The predicted octanol–water partition coefficient (Wildman–Crippen LogP) is 5.60. The van der Waals surface area contributed by atoms with E-state index >= 15 is 0 Å². The van der Waals surface area contributed by atoms with Crippen molar-refractivity contribution in [2.75, 3.05) is 20.3 Å². The van der Waals surface area contributed by atoms with Crippen molar-refractivity contribution in [3.8, 4) is 11.5 Å². The maximum Gasteiger partial charge on any atom is 0.264 e. The fourth-order valence-electron chi connectivity index (χ4n) is 4.52. The molecule has 31 heavy (non-hydrogen) atoms. The van der Waals surface area contributed by atoms with Gasteiger partial charge in [0.05, 0.1) is 18.1 Å². The van der Waals surface area contributed by atoms with Crippen molar-refractivity contribution in [2.45, 2.75) is 70.6 Å². The van der Waals surface area contributed by atoms with Crippen LogP contribution >= 0.6 is 11.3 Å². The lowest BCUT2D eigenvalue weighted by molar-refractivity contribution is -0.0114. The molecule has 0 spiro atoms. The zero-order chi connectivity index (χ0) is 21.6. The minimum atomic E-state index is 0.138. The summed E-state index contributed by atoms with van der Waals surface area (Å²) in [6.45, 7) is 3.99. The molecule has 2 fully saturated rings. The highest BCUT2D eigenvalue weighted by molar-refractivity contribution is 7.13. The van der Waals surface area contributed by atoms with Crippen molar-refractivity contribution in [1.29, 1.82) is 0 Å². The SMILES string of the molecule is COc1cc(CN(C(=O)c2ccc(C)s2)C2CCCC2)ccc1OCC1CCCCO1. The van der Waals surface area contributed by atoms with Gasteiger partial charge < -0.3 is 19.1 Å². The van der Waals surface area contributed by atoms with E-state index in [1.54, 1.807) is 18.4 Å². The second-order valence-corrected chi connectivity index (χ2v) is 9.85. The first-order valence-electron chi connectivity index (χ1n) is 11.4. The standard InChI is InChI=1S/C25H33NO4S/c1-18-10-13-24(31-18)25(27)26(20-7-3-4-8-20)16-19-11-12-22(23(15-19)28-2)30-17-21-9-5-6-14-29-21/h10-13,15,20-21H,3-9,14,16-17H2,1-2H3. The van der Waals surface area contributed by atoms with Crippen LogP contribution in [-0.4, -0.2) is 43.3 Å². The van der Waals surface area contributed by atoms with E-state index in [1.165, 1.54) is 24.1 Å². The van der Waals surface area contributed by atoms with Crippen molar-refractivity contribution in [1.82, 2.24) is 4.90 Å². The van der Waals surface area contributed by atoms with Gasteiger partial charge in [-0.05, 0) is 68.9 Å². The van der Waals surface area contributed by atoms with Gasteiger partial charge in [-0.1, -0.05) is 18.9 Å². The van der Waals surface area contributed by atoms with Crippen LogP contribution in [0.15, 0.2) is 30.3 Å². The quantitative estimate of drug-likeness (QED) is 0.533. The van der Waals surface area contributed by atoms with Gasteiger partial charge in [0.2, 0.25) is 0 Å². The van der Waals surface area contributed by atoms with Crippen LogP contribution in [0.1, 0.15) is 65.1 Å². The first-order valence-corrected chi connectivity index (χ1v) is 12.2. The molecule has 168 valence electrons. The lowest BCUT2D eigenvalue weighted by Crippen LogP contribution is -2.37. The molecule has 1 aliphatic heterocycles. The Morgan fingerprint density at radius 3 is 2.58 bits per heavy atom. The lowest BCUT2D eigenvalue weighted by Gasteiger charge is -2.29. The molecule has 1 saturated carbocycles. The number of aryl methyl sites for hydroxylation is 1. The Balaban J connectivity index is 1.47. The Labute approximate surface area is 189 Å². The number of carbonyl (C=O) groups is 1. The third-order valence-electron chi connectivity index (χ3n) is 6.26. The number of methoxy groups -OCH3 is 1. The number of hydrogen-bond acceptors (Lipinski definition) is 5. The van der Waals surface area contributed by atoms with E-state index in [0.717, 1.165) is 48.5 Å². The van der Waals surface area contributed by atoms with Crippen LogP contribution in [0.3, 0.4) is 0 Å². The maximum absolute atomic E-state index is 13.3. The molecule has 1 aromatic heterocycles. The zero-order valence-electron chi connectivity index (χ0n) is 18.6. The molecule has 0 bridgehead atoms. The van der Waals surface area contributed by atoms with Crippen molar-refractivity contribution in [3.63, 3.8) is 0 Å². The molecule has 0 radical (unpaired) electrons. The summed E-state index contributed by atoms with van der Waals surface area (Å²) in [4.78, 5) is 17.4. The summed E-state index contributed by atoms with van der Waals surface area (Å²) in [5.41, 5.74) is 1.06. The van der Waals surface area contributed by atoms with Crippen LogP contribution in [0.4, 0.5) is 0 Å². The van der Waals surface area contributed by atoms with Crippen molar-refractivity contribution >= 4 is 17.2 Å². The number of amides is 1. The van der Waals surface area contributed by atoms with Gasteiger partial charge in [-0.2, -0.15) is 0 Å². The minimum absolute atomic E-state index is 0.138. The molecular formula is C25H33NO4S. The summed E-state index contributed by atoms with van der Waals surface area (Å²) >= 11 is 1.58. The molecule has 2 aromatic rings. The smallest absolute Gasteiger partial charge is 0.264 e. The Kier molecular flexibility index (Phi) is 7.51. The number of benzene rings is 1. The molecule has 2 heterocycles. The number of hydrogen-bond donors (Lipinski definition) is 0. The average Bonchev–Trinajstić information content (AvgIpc) is 3.48. The van der Waals surface area contributed by atoms with Crippen molar-refractivity contribution in [3.05, 3.63) is 45.6 Å². The van der Waals surface area contributed by atoms with Gasteiger partial charge >= 0.3 is 0 Å². The second kappa shape index (κ2) is 10.5. The molecule has 0 N–H and O–H groups in total. The molecule has 1 amide bonds. The molecule has 1 aromatic carbocycles. The van der Waals surface area contributed by atoms with E-state index in [-0.39, 0.29) is 12.0 Å². The number of carbonyl (C=O) groups excluding carboxylic acids is 1. The van der Waals surface area contributed by atoms with Crippen molar-refractivity contribution in [2.24, 2.45) is 0 Å². The monoisotopic (exact) mass is 443 g/mol. The van der Waals surface area contributed by atoms with Gasteiger partial charge in [-0.3, -0.25) is 4.79 Å². The largest absolute Gasteiger partial charge is 0.493 e. The number of thiophene rings is 1. The molecule has 1 saturated heterocycles. The van der Waals surface area contributed by atoms with Gasteiger partial charge in [-0.15, -0.1) is 11.3 Å². The van der Waals surface area contributed by atoms with Crippen LogP contribution in [0.5, 0.6) is 11.5 Å². The molecule has 1 unspecified atom stereocenters. The van der Waals surface area contributed by atoms with Gasteiger partial charge in [0.25, 0.3) is 5.91 Å².